The first-order valence-corrected chi connectivity index (χ1v) is 10.8. The maximum atomic E-state index is 13.3. The quantitative estimate of drug-likeness (QED) is 0.869. The topological polar surface area (TPSA) is 56.2 Å². The average molecular weight is 377 g/mol. The van der Waals surface area contributed by atoms with Crippen LogP contribution in [0.25, 0.3) is 0 Å². The van der Waals surface area contributed by atoms with Gasteiger partial charge in [-0.2, -0.15) is 5.10 Å². The fourth-order valence-electron chi connectivity index (χ4n) is 5.34. The van der Waals surface area contributed by atoms with Gasteiger partial charge in [0.2, 0.25) is 0 Å². The SMILES string of the molecule is O=C(NC1(c2ccccc2)CC1)c1nn(CC2CCOCC2)c2c1C[C@H]1C[C@@H]21. The Kier molecular flexibility index (Phi) is 3.70. The van der Waals surface area contributed by atoms with Crippen LogP contribution in [0.5, 0.6) is 0 Å². The molecule has 2 aromatic rings. The molecule has 0 bridgehead atoms. The summed E-state index contributed by atoms with van der Waals surface area (Å²) >= 11 is 0. The molecular weight excluding hydrogens is 350 g/mol. The van der Waals surface area contributed by atoms with Crippen molar-refractivity contribution in [3.8, 4) is 0 Å². The second kappa shape index (κ2) is 6.18. The Labute approximate surface area is 165 Å². The van der Waals surface area contributed by atoms with Crippen molar-refractivity contribution in [1.29, 1.82) is 0 Å². The standard InChI is InChI=1S/C23H27N3O2/c27-22(24-23(8-9-23)17-4-2-1-3-5-17)20-19-13-16-12-18(16)21(19)26(25-20)14-15-6-10-28-11-7-15/h1-5,15-16,18H,6-14H2,(H,24,27)/t16-,18-/m1/s1. The van der Waals surface area contributed by atoms with Gasteiger partial charge in [0.1, 0.15) is 0 Å². The highest BCUT2D eigenvalue weighted by molar-refractivity contribution is 5.95. The van der Waals surface area contributed by atoms with E-state index in [-0.39, 0.29) is 11.4 Å². The molecule has 1 aromatic heterocycles. The third kappa shape index (κ3) is 2.71. The van der Waals surface area contributed by atoms with Crippen molar-refractivity contribution in [1.82, 2.24) is 15.1 Å². The highest BCUT2D eigenvalue weighted by Crippen LogP contribution is 2.57. The monoisotopic (exact) mass is 377 g/mol. The first-order chi connectivity index (χ1) is 13.7. The molecule has 1 saturated heterocycles. The van der Waals surface area contributed by atoms with Crippen LogP contribution in [-0.2, 0) is 23.2 Å². The Morgan fingerprint density at radius 3 is 2.75 bits per heavy atom. The Morgan fingerprint density at radius 1 is 1.21 bits per heavy atom. The molecule has 5 nitrogen and oxygen atoms in total. The van der Waals surface area contributed by atoms with Crippen LogP contribution in [-0.4, -0.2) is 28.9 Å². The van der Waals surface area contributed by atoms with Gasteiger partial charge in [-0.3, -0.25) is 9.48 Å². The van der Waals surface area contributed by atoms with E-state index in [4.69, 9.17) is 9.84 Å². The number of aromatic nitrogens is 2. The fourth-order valence-corrected chi connectivity index (χ4v) is 5.34. The van der Waals surface area contributed by atoms with Gasteiger partial charge in [0, 0.05) is 36.9 Å². The number of rotatable bonds is 5. The molecule has 4 aliphatic rings. The molecular formula is C23H27N3O2. The van der Waals surface area contributed by atoms with Gasteiger partial charge in [-0.25, -0.2) is 0 Å². The number of fused-ring (bicyclic) bond motifs is 3. The smallest absolute Gasteiger partial charge is 0.272 e. The number of ether oxygens (including phenoxy) is 1. The highest BCUT2D eigenvalue weighted by Gasteiger charge is 2.51. The molecule has 2 saturated carbocycles. The highest BCUT2D eigenvalue weighted by atomic mass is 16.5. The minimum absolute atomic E-state index is 0.0182. The van der Waals surface area contributed by atoms with E-state index in [1.807, 2.05) is 6.07 Å². The van der Waals surface area contributed by atoms with Crippen LogP contribution >= 0.6 is 0 Å². The summed E-state index contributed by atoms with van der Waals surface area (Å²) in [5.74, 6) is 2.03. The van der Waals surface area contributed by atoms with E-state index in [9.17, 15) is 4.79 Å². The maximum Gasteiger partial charge on any atom is 0.272 e. The van der Waals surface area contributed by atoms with E-state index in [1.54, 1.807) is 0 Å². The molecule has 1 N–H and O–H groups in total. The van der Waals surface area contributed by atoms with Gasteiger partial charge in [0.15, 0.2) is 5.69 Å². The lowest BCUT2D eigenvalue weighted by atomic mass is 10.0. The first kappa shape index (κ1) is 16.8. The number of nitrogens with zero attached hydrogens (tertiary/aromatic N) is 2. The number of hydrogen-bond acceptors (Lipinski definition) is 3. The van der Waals surface area contributed by atoms with Crippen molar-refractivity contribution in [3.63, 3.8) is 0 Å². The van der Waals surface area contributed by atoms with Gasteiger partial charge >= 0.3 is 0 Å². The Morgan fingerprint density at radius 2 is 2.00 bits per heavy atom. The van der Waals surface area contributed by atoms with Crippen molar-refractivity contribution < 1.29 is 9.53 Å². The normalized spacial score (nSPS) is 27.1. The molecule has 1 amide bonds. The molecule has 1 aliphatic heterocycles. The molecule has 2 heterocycles. The second-order valence-corrected chi connectivity index (χ2v) is 9.16. The van der Waals surface area contributed by atoms with Gasteiger partial charge in [-0.15, -0.1) is 0 Å². The van der Waals surface area contributed by atoms with Crippen molar-refractivity contribution >= 4 is 5.91 Å². The zero-order valence-electron chi connectivity index (χ0n) is 16.2. The molecule has 5 heteroatoms. The zero-order chi connectivity index (χ0) is 18.7. The summed E-state index contributed by atoms with van der Waals surface area (Å²) in [6, 6.07) is 10.4. The number of benzene rings is 1. The van der Waals surface area contributed by atoms with E-state index in [1.165, 1.54) is 23.2 Å². The minimum atomic E-state index is -0.183. The van der Waals surface area contributed by atoms with Crippen LogP contribution in [0.1, 0.15) is 65.3 Å². The van der Waals surface area contributed by atoms with E-state index in [2.05, 4.69) is 34.3 Å². The van der Waals surface area contributed by atoms with Gasteiger partial charge < -0.3 is 10.1 Å². The molecule has 6 rings (SSSR count). The van der Waals surface area contributed by atoms with Gasteiger partial charge in [0.25, 0.3) is 5.91 Å². The number of carbonyl (C=O) groups excluding carboxylic acids is 1. The van der Waals surface area contributed by atoms with Gasteiger partial charge in [-0.05, 0) is 55.9 Å². The average Bonchev–Trinajstić information content (AvgIpc) is 3.61. The van der Waals surface area contributed by atoms with E-state index >= 15 is 0 Å². The molecule has 28 heavy (non-hydrogen) atoms. The second-order valence-electron chi connectivity index (χ2n) is 9.16. The van der Waals surface area contributed by atoms with Crippen molar-refractivity contribution in [2.45, 2.75) is 56.5 Å². The van der Waals surface area contributed by atoms with Crippen LogP contribution in [0.3, 0.4) is 0 Å². The number of carbonyl (C=O) groups is 1. The molecule has 2 atom stereocenters. The summed E-state index contributed by atoms with van der Waals surface area (Å²) in [6.07, 6.45) is 6.54. The van der Waals surface area contributed by atoms with E-state index < -0.39 is 0 Å². The number of amides is 1. The number of hydrogen-bond donors (Lipinski definition) is 1. The predicted molar refractivity (Wildman–Crippen MR) is 105 cm³/mol. The third-order valence-electron chi connectivity index (χ3n) is 7.25. The lowest BCUT2D eigenvalue weighted by Crippen LogP contribution is -2.35. The van der Waals surface area contributed by atoms with Crippen LogP contribution in [0.4, 0.5) is 0 Å². The zero-order valence-corrected chi connectivity index (χ0v) is 16.2. The lowest BCUT2D eigenvalue weighted by molar-refractivity contribution is 0.0597. The Balaban J connectivity index is 1.27. The van der Waals surface area contributed by atoms with E-state index in [0.29, 0.717) is 17.5 Å². The molecule has 146 valence electrons. The largest absolute Gasteiger partial charge is 0.381 e. The summed E-state index contributed by atoms with van der Waals surface area (Å²) < 4.78 is 7.71. The molecule has 3 fully saturated rings. The maximum absolute atomic E-state index is 13.3. The molecule has 0 radical (unpaired) electrons. The molecule has 0 unspecified atom stereocenters. The van der Waals surface area contributed by atoms with Crippen molar-refractivity contribution in [3.05, 3.63) is 52.8 Å². The third-order valence-corrected chi connectivity index (χ3v) is 7.25. The summed E-state index contributed by atoms with van der Waals surface area (Å²) in [4.78, 5) is 13.3. The molecule has 3 aliphatic carbocycles. The van der Waals surface area contributed by atoms with Crippen LogP contribution < -0.4 is 5.32 Å². The van der Waals surface area contributed by atoms with Crippen LogP contribution in [0, 0.1) is 11.8 Å². The first-order valence-electron chi connectivity index (χ1n) is 10.8. The Bertz CT molecular complexity index is 909. The van der Waals surface area contributed by atoms with Crippen LogP contribution in [0.15, 0.2) is 30.3 Å². The molecule has 1 aromatic carbocycles. The summed E-state index contributed by atoms with van der Waals surface area (Å²) in [7, 11) is 0. The van der Waals surface area contributed by atoms with E-state index in [0.717, 1.165) is 57.8 Å². The predicted octanol–water partition coefficient (Wildman–Crippen LogP) is 3.39. The summed E-state index contributed by atoms with van der Waals surface area (Å²) in [5.41, 5.74) is 4.32. The van der Waals surface area contributed by atoms with Gasteiger partial charge in [0.05, 0.1) is 5.54 Å². The minimum Gasteiger partial charge on any atom is -0.381 e. The summed E-state index contributed by atoms with van der Waals surface area (Å²) in [6.45, 7) is 2.65. The number of nitrogens with one attached hydrogen (secondary N) is 1. The fraction of sp³-hybridized carbons (Fsp3) is 0.565. The van der Waals surface area contributed by atoms with Crippen molar-refractivity contribution in [2.75, 3.05) is 13.2 Å². The lowest BCUT2D eigenvalue weighted by Gasteiger charge is -2.22. The van der Waals surface area contributed by atoms with Crippen molar-refractivity contribution in [2.24, 2.45) is 11.8 Å². The Hall–Kier alpha value is -2.14. The van der Waals surface area contributed by atoms with Crippen LogP contribution in [0.2, 0.25) is 0 Å². The molecule has 0 spiro atoms. The summed E-state index contributed by atoms with van der Waals surface area (Å²) in [5, 5.41) is 8.21. The van der Waals surface area contributed by atoms with Gasteiger partial charge in [-0.1, -0.05) is 30.3 Å².